The Morgan fingerprint density at radius 2 is 1.96 bits per heavy atom. The molecule has 0 aliphatic heterocycles. The van der Waals surface area contributed by atoms with Crippen molar-refractivity contribution in [2.75, 3.05) is 0 Å². The molecule has 0 unspecified atom stereocenters. The fourth-order valence-electron chi connectivity index (χ4n) is 3.63. The minimum absolute atomic E-state index is 0.0452. The van der Waals surface area contributed by atoms with E-state index in [0.29, 0.717) is 12.0 Å². The Labute approximate surface area is 141 Å². The predicted molar refractivity (Wildman–Crippen MR) is 91.8 cm³/mol. The minimum Gasteiger partial charge on any atom is -0.337 e. The third kappa shape index (κ3) is 3.29. The van der Waals surface area contributed by atoms with Gasteiger partial charge in [-0.3, -0.25) is 4.79 Å². The summed E-state index contributed by atoms with van der Waals surface area (Å²) >= 11 is 0. The van der Waals surface area contributed by atoms with Crippen LogP contribution < -0.4 is 10.9 Å². The van der Waals surface area contributed by atoms with Crippen molar-refractivity contribution in [1.29, 1.82) is 0 Å². The van der Waals surface area contributed by atoms with Gasteiger partial charge in [0.1, 0.15) is 5.82 Å². The van der Waals surface area contributed by atoms with Gasteiger partial charge in [0.2, 0.25) is 0 Å². The average molecular weight is 327 g/mol. The highest BCUT2D eigenvalue weighted by molar-refractivity contribution is 5.13. The number of hydrogen-bond donors (Lipinski definition) is 1. The SMILES string of the molecule is Cn1ccnc1CNC1CCC(n2nc(C3CC3)ccc2=O)CC1. The van der Waals surface area contributed by atoms with Gasteiger partial charge in [-0.15, -0.1) is 0 Å². The van der Waals surface area contributed by atoms with E-state index in [1.165, 1.54) is 12.8 Å². The summed E-state index contributed by atoms with van der Waals surface area (Å²) in [6.45, 7) is 0.800. The van der Waals surface area contributed by atoms with Gasteiger partial charge in [0.25, 0.3) is 5.56 Å². The lowest BCUT2D eigenvalue weighted by molar-refractivity contribution is 0.266. The standard InChI is InChI=1S/C18H25N5O/c1-22-11-10-19-17(22)12-20-14-4-6-15(7-5-14)23-18(24)9-8-16(21-23)13-2-3-13/h8-11,13-15,20H,2-7,12H2,1H3. The number of nitrogens with one attached hydrogen (secondary N) is 1. The Kier molecular flexibility index (Phi) is 4.22. The third-order valence-corrected chi connectivity index (χ3v) is 5.35. The molecule has 0 atom stereocenters. The zero-order valence-corrected chi connectivity index (χ0v) is 14.2. The molecule has 128 valence electrons. The molecular formula is C18H25N5O. The lowest BCUT2D eigenvalue weighted by atomic mass is 9.91. The van der Waals surface area contributed by atoms with Crippen LogP contribution in [0.1, 0.15) is 62.0 Å². The van der Waals surface area contributed by atoms with Crippen LogP contribution in [0.3, 0.4) is 0 Å². The van der Waals surface area contributed by atoms with Gasteiger partial charge in [-0.1, -0.05) is 0 Å². The normalized spacial score (nSPS) is 24.2. The fraction of sp³-hybridized carbons (Fsp3) is 0.611. The summed E-state index contributed by atoms with van der Waals surface area (Å²) < 4.78 is 3.80. The summed E-state index contributed by atoms with van der Waals surface area (Å²) in [6, 6.07) is 4.37. The predicted octanol–water partition coefficient (Wildman–Crippen LogP) is 2.13. The first kappa shape index (κ1) is 15.6. The lowest BCUT2D eigenvalue weighted by Gasteiger charge is -2.29. The highest BCUT2D eigenvalue weighted by Crippen LogP contribution is 2.38. The number of rotatable bonds is 5. The molecule has 0 aromatic carbocycles. The number of aryl methyl sites for hydroxylation is 1. The highest BCUT2D eigenvalue weighted by Gasteiger charge is 2.28. The Bertz CT molecular complexity index is 753. The quantitative estimate of drug-likeness (QED) is 0.914. The first-order valence-electron chi connectivity index (χ1n) is 9.00. The zero-order chi connectivity index (χ0) is 16.5. The van der Waals surface area contributed by atoms with Gasteiger partial charge in [-0.05, 0) is 44.6 Å². The van der Waals surface area contributed by atoms with Crippen molar-refractivity contribution in [3.63, 3.8) is 0 Å². The van der Waals surface area contributed by atoms with Crippen LogP contribution in [-0.2, 0) is 13.6 Å². The van der Waals surface area contributed by atoms with Crippen LogP contribution in [0, 0.1) is 0 Å². The Balaban J connectivity index is 1.35. The molecule has 1 N–H and O–H groups in total. The highest BCUT2D eigenvalue weighted by atomic mass is 16.1. The second kappa shape index (κ2) is 6.51. The first-order valence-corrected chi connectivity index (χ1v) is 9.00. The summed E-state index contributed by atoms with van der Waals surface area (Å²) in [6.07, 6.45) is 10.4. The number of imidazole rings is 1. The maximum Gasteiger partial charge on any atom is 0.267 e. The van der Waals surface area contributed by atoms with Crippen LogP contribution >= 0.6 is 0 Å². The van der Waals surface area contributed by atoms with Crippen molar-refractivity contribution in [2.45, 2.75) is 63.1 Å². The van der Waals surface area contributed by atoms with Crippen molar-refractivity contribution in [3.8, 4) is 0 Å². The van der Waals surface area contributed by atoms with Crippen molar-refractivity contribution in [1.82, 2.24) is 24.6 Å². The summed E-state index contributed by atoms with van der Waals surface area (Å²) in [5.41, 5.74) is 1.15. The van der Waals surface area contributed by atoms with E-state index in [0.717, 1.165) is 43.7 Å². The Morgan fingerprint density at radius 1 is 1.17 bits per heavy atom. The number of hydrogen-bond acceptors (Lipinski definition) is 4. The van der Waals surface area contributed by atoms with Crippen molar-refractivity contribution in [3.05, 3.63) is 46.4 Å². The van der Waals surface area contributed by atoms with Crippen LogP contribution in [0.2, 0.25) is 0 Å². The van der Waals surface area contributed by atoms with Crippen molar-refractivity contribution in [2.24, 2.45) is 7.05 Å². The molecule has 2 aliphatic rings. The molecule has 0 bridgehead atoms. The fourth-order valence-corrected chi connectivity index (χ4v) is 3.63. The number of aromatic nitrogens is 4. The van der Waals surface area contributed by atoms with Gasteiger partial charge in [0.05, 0.1) is 18.3 Å². The van der Waals surface area contributed by atoms with Gasteiger partial charge >= 0.3 is 0 Å². The summed E-state index contributed by atoms with van der Waals surface area (Å²) in [5, 5.41) is 8.25. The molecular weight excluding hydrogens is 302 g/mol. The summed E-state index contributed by atoms with van der Waals surface area (Å²) in [4.78, 5) is 16.5. The van der Waals surface area contributed by atoms with E-state index < -0.39 is 0 Å². The molecule has 24 heavy (non-hydrogen) atoms. The smallest absolute Gasteiger partial charge is 0.267 e. The third-order valence-electron chi connectivity index (χ3n) is 5.35. The van der Waals surface area contributed by atoms with Gasteiger partial charge < -0.3 is 9.88 Å². The maximum absolute atomic E-state index is 12.2. The van der Waals surface area contributed by atoms with Crippen LogP contribution in [0.5, 0.6) is 0 Å². The van der Waals surface area contributed by atoms with Crippen molar-refractivity contribution >= 4 is 0 Å². The van der Waals surface area contributed by atoms with E-state index in [-0.39, 0.29) is 11.6 Å². The van der Waals surface area contributed by atoms with Crippen LogP contribution in [0.4, 0.5) is 0 Å². The first-order chi connectivity index (χ1) is 11.7. The van der Waals surface area contributed by atoms with Crippen LogP contribution in [0.25, 0.3) is 0 Å². The van der Waals surface area contributed by atoms with Crippen LogP contribution in [-0.4, -0.2) is 25.4 Å². The van der Waals surface area contributed by atoms with Gasteiger partial charge in [-0.25, -0.2) is 9.67 Å². The molecule has 0 amide bonds. The summed E-state index contributed by atoms with van der Waals surface area (Å²) in [7, 11) is 2.02. The monoisotopic (exact) mass is 327 g/mol. The van der Waals surface area contributed by atoms with E-state index >= 15 is 0 Å². The van der Waals surface area contributed by atoms with E-state index in [9.17, 15) is 4.79 Å². The molecule has 6 nitrogen and oxygen atoms in total. The van der Waals surface area contributed by atoms with Gasteiger partial charge in [-0.2, -0.15) is 5.10 Å². The largest absolute Gasteiger partial charge is 0.337 e. The lowest BCUT2D eigenvalue weighted by Crippen LogP contribution is -2.37. The molecule has 2 fully saturated rings. The van der Waals surface area contributed by atoms with E-state index in [1.54, 1.807) is 10.7 Å². The van der Waals surface area contributed by atoms with Gasteiger partial charge in [0, 0.05) is 37.5 Å². The molecule has 2 aliphatic carbocycles. The maximum atomic E-state index is 12.2. The number of nitrogens with zero attached hydrogens (tertiary/aromatic N) is 4. The summed E-state index contributed by atoms with van der Waals surface area (Å²) in [5.74, 6) is 1.65. The minimum atomic E-state index is 0.0452. The van der Waals surface area contributed by atoms with E-state index in [2.05, 4.69) is 15.4 Å². The Morgan fingerprint density at radius 3 is 2.62 bits per heavy atom. The molecule has 2 heterocycles. The second-order valence-electron chi connectivity index (χ2n) is 7.16. The zero-order valence-electron chi connectivity index (χ0n) is 14.2. The molecule has 2 saturated carbocycles. The van der Waals surface area contributed by atoms with E-state index in [4.69, 9.17) is 0 Å². The average Bonchev–Trinajstić information content (AvgIpc) is 3.37. The topological polar surface area (TPSA) is 64.7 Å². The van der Waals surface area contributed by atoms with Crippen LogP contribution in [0.15, 0.2) is 29.3 Å². The van der Waals surface area contributed by atoms with E-state index in [1.807, 2.05) is 30.1 Å². The molecule has 4 rings (SSSR count). The Hall–Kier alpha value is -1.95. The molecule has 0 saturated heterocycles. The van der Waals surface area contributed by atoms with Crippen molar-refractivity contribution < 1.29 is 0 Å². The molecule has 2 aromatic rings. The molecule has 0 radical (unpaired) electrons. The molecule has 2 aromatic heterocycles. The molecule has 0 spiro atoms. The molecule has 6 heteroatoms. The van der Waals surface area contributed by atoms with Gasteiger partial charge in [0.15, 0.2) is 0 Å². The second-order valence-corrected chi connectivity index (χ2v) is 7.16.